The van der Waals surface area contributed by atoms with Gasteiger partial charge in [0.2, 0.25) is 5.91 Å². The third kappa shape index (κ3) is 4.77. The minimum atomic E-state index is 0.167. The van der Waals surface area contributed by atoms with E-state index in [1.165, 1.54) is 5.56 Å². The molecule has 2 aromatic rings. The molecule has 138 valence electrons. The molecule has 1 saturated heterocycles. The smallest absolute Gasteiger partial charge is 0.227 e. The number of carbonyl (C=O) groups is 1. The SMILES string of the molecule is COc1cccc(CN2CCN(C(=O)Cc3cccc(Cl)c3)[C@@H](C)C2)c1. The van der Waals surface area contributed by atoms with E-state index < -0.39 is 0 Å². The lowest BCUT2D eigenvalue weighted by molar-refractivity contribution is -0.135. The number of benzene rings is 2. The van der Waals surface area contributed by atoms with Gasteiger partial charge in [0.25, 0.3) is 0 Å². The zero-order chi connectivity index (χ0) is 18.5. The van der Waals surface area contributed by atoms with E-state index in [1.54, 1.807) is 7.11 Å². The topological polar surface area (TPSA) is 32.8 Å². The molecule has 1 aliphatic rings. The summed E-state index contributed by atoms with van der Waals surface area (Å²) in [5.74, 6) is 1.05. The van der Waals surface area contributed by atoms with Crippen molar-refractivity contribution in [2.45, 2.75) is 25.9 Å². The van der Waals surface area contributed by atoms with Crippen LogP contribution >= 0.6 is 11.6 Å². The molecular formula is C21H25ClN2O2. The summed E-state index contributed by atoms with van der Waals surface area (Å²) in [6, 6.07) is 15.9. The molecule has 0 N–H and O–H groups in total. The molecule has 0 aromatic heterocycles. The average Bonchev–Trinajstić information content (AvgIpc) is 2.62. The molecular weight excluding hydrogens is 348 g/mol. The molecule has 1 atom stereocenters. The number of hydrogen-bond acceptors (Lipinski definition) is 3. The van der Waals surface area contributed by atoms with E-state index in [9.17, 15) is 4.79 Å². The van der Waals surface area contributed by atoms with Crippen molar-refractivity contribution in [1.82, 2.24) is 9.80 Å². The van der Waals surface area contributed by atoms with Crippen molar-refractivity contribution in [2.75, 3.05) is 26.7 Å². The van der Waals surface area contributed by atoms with Gasteiger partial charge in [0.15, 0.2) is 0 Å². The van der Waals surface area contributed by atoms with Crippen molar-refractivity contribution >= 4 is 17.5 Å². The average molecular weight is 373 g/mol. The van der Waals surface area contributed by atoms with Crippen molar-refractivity contribution in [1.29, 1.82) is 0 Å². The van der Waals surface area contributed by atoms with Crippen LogP contribution in [0, 0.1) is 0 Å². The quantitative estimate of drug-likeness (QED) is 0.803. The summed E-state index contributed by atoms with van der Waals surface area (Å²) in [6.45, 7) is 5.50. The summed E-state index contributed by atoms with van der Waals surface area (Å²) >= 11 is 6.02. The van der Waals surface area contributed by atoms with E-state index >= 15 is 0 Å². The van der Waals surface area contributed by atoms with Gasteiger partial charge in [0.05, 0.1) is 13.5 Å². The molecule has 0 unspecified atom stereocenters. The molecule has 5 heteroatoms. The second-order valence-electron chi connectivity index (χ2n) is 6.83. The molecule has 1 heterocycles. The van der Waals surface area contributed by atoms with Crippen LogP contribution in [0.3, 0.4) is 0 Å². The highest BCUT2D eigenvalue weighted by atomic mass is 35.5. The third-order valence-corrected chi connectivity index (χ3v) is 5.05. The molecule has 0 radical (unpaired) electrons. The van der Waals surface area contributed by atoms with Crippen molar-refractivity contribution in [3.05, 3.63) is 64.7 Å². The number of piperazine rings is 1. The Morgan fingerprint density at radius 1 is 1.15 bits per heavy atom. The Labute approximate surface area is 160 Å². The molecule has 0 spiro atoms. The third-order valence-electron chi connectivity index (χ3n) is 4.82. The van der Waals surface area contributed by atoms with Crippen molar-refractivity contribution in [2.24, 2.45) is 0 Å². The largest absolute Gasteiger partial charge is 0.497 e. The van der Waals surface area contributed by atoms with Crippen LogP contribution in [0.1, 0.15) is 18.1 Å². The summed E-state index contributed by atoms with van der Waals surface area (Å²) in [6.07, 6.45) is 0.404. The Morgan fingerprint density at radius 2 is 1.92 bits per heavy atom. The summed E-state index contributed by atoms with van der Waals surface area (Å²) in [5, 5.41) is 0.673. The van der Waals surface area contributed by atoms with Gasteiger partial charge >= 0.3 is 0 Å². The number of carbonyl (C=O) groups excluding carboxylic acids is 1. The first-order valence-corrected chi connectivity index (χ1v) is 9.32. The highest BCUT2D eigenvalue weighted by Gasteiger charge is 2.27. The minimum absolute atomic E-state index is 0.167. The highest BCUT2D eigenvalue weighted by molar-refractivity contribution is 6.30. The summed E-state index contributed by atoms with van der Waals surface area (Å²) in [7, 11) is 1.69. The van der Waals surface area contributed by atoms with Gasteiger partial charge in [-0.2, -0.15) is 0 Å². The van der Waals surface area contributed by atoms with E-state index in [0.29, 0.717) is 11.4 Å². The van der Waals surface area contributed by atoms with Crippen LogP contribution in [0.15, 0.2) is 48.5 Å². The molecule has 0 saturated carbocycles. The lowest BCUT2D eigenvalue weighted by Crippen LogP contribution is -2.54. The van der Waals surface area contributed by atoms with Crippen LogP contribution in [-0.4, -0.2) is 48.5 Å². The highest BCUT2D eigenvalue weighted by Crippen LogP contribution is 2.18. The van der Waals surface area contributed by atoms with Crippen LogP contribution in [0.4, 0.5) is 0 Å². The van der Waals surface area contributed by atoms with Gasteiger partial charge in [0.1, 0.15) is 5.75 Å². The van der Waals surface area contributed by atoms with Crippen LogP contribution in [-0.2, 0) is 17.8 Å². The first kappa shape index (κ1) is 18.7. The fourth-order valence-electron chi connectivity index (χ4n) is 3.50. The molecule has 1 aliphatic heterocycles. The van der Waals surface area contributed by atoms with Gasteiger partial charge in [-0.25, -0.2) is 0 Å². The second-order valence-corrected chi connectivity index (χ2v) is 7.27. The van der Waals surface area contributed by atoms with Gasteiger partial charge in [-0.15, -0.1) is 0 Å². The summed E-state index contributed by atoms with van der Waals surface area (Å²) in [5.41, 5.74) is 2.20. The number of amides is 1. The lowest BCUT2D eigenvalue weighted by Gasteiger charge is -2.40. The van der Waals surface area contributed by atoms with Gasteiger partial charge in [-0.05, 0) is 42.3 Å². The molecule has 1 amide bonds. The Kier molecular flexibility index (Phi) is 6.17. The lowest BCUT2D eigenvalue weighted by atomic mass is 10.1. The number of nitrogens with zero attached hydrogens (tertiary/aromatic N) is 2. The van der Waals surface area contributed by atoms with Crippen molar-refractivity contribution < 1.29 is 9.53 Å². The molecule has 4 nitrogen and oxygen atoms in total. The number of ether oxygens (including phenoxy) is 1. The Bertz CT molecular complexity index is 765. The second kappa shape index (κ2) is 8.56. The van der Waals surface area contributed by atoms with E-state index in [0.717, 1.165) is 37.5 Å². The molecule has 1 fully saturated rings. The molecule has 0 bridgehead atoms. The fourth-order valence-corrected chi connectivity index (χ4v) is 3.71. The van der Waals surface area contributed by atoms with Gasteiger partial charge < -0.3 is 9.64 Å². The van der Waals surface area contributed by atoms with Crippen molar-refractivity contribution in [3.63, 3.8) is 0 Å². The van der Waals surface area contributed by atoms with E-state index in [2.05, 4.69) is 24.0 Å². The molecule has 26 heavy (non-hydrogen) atoms. The van der Waals surface area contributed by atoms with Crippen LogP contribution in [0.2, 0.25) is 5.02 Å². The van der Waals surface area contributed by atoms with E-state index in [-0.39, 0.29) is 11.9 Å². The number of methoxy groups -OCH3 is 1. The van der Waals surface area contributed by atoms with Crippen molar-refractivity contribution in [3.8, 4) is 5.75 Å². The molecule has 2 aromatic carbocycles. The van der Waals surface area contributed by atoms with Crippen LogP contribution < -0.4 is 4.74 Å². The predicted octanol–water partition coefficient (Wildman–Crippen LogP) is 3.62. The zero-order valence-electron chi connectivity index (χ0n) is 15.3. The maximum absolute atomic E-state index is 12.7. The first-order valence-electron chi connectivity index (χ1n) is 8.94. The molecule has 0 aliphatic carbocycles. The fraction of sp³-hybridized carbons (Fsp3) is 0.381. The van der Waals surface area contributed by atoms with Gasteiger partial charge in [-0.1, -0.05) is 35.9 Å². The van der Waals surface area contributed by atoms with Gasteiger partial charge in [-0.3, -0.25) is 9.69 Å². The minimum Gasteiger partial charge on any atom is -0.497 e. The normalized spacial score (nSPS) is 18.0. The summed E-state index contributed by atoms with van der Waals surface area (Å²) in [4.78, 5) is 17.1. The maximum Gasteiger partial charge on any atom is 0.227 e. The standard InChI is InChI=1S/C21H25ClN2O2/c1-16-14-23(15-18-6-4-8-20(12-18)26-2)9-10-24(16)21(25)13-17-5-3-7-19(22)11-17/h3-8,11-12,16H,9-10,13-15H2,1-2H3/t16-/m0/s1. The monoisotopic (exact) mass is 372 g/mol. The van der Waals surface area contributed by atoms with E-state index in [4.69, 9.17) is 16.3 Å². The van der Waals surface area contributed by atoms with E-state index in [1.807, 2.05) is 41.3 Å². The number of rotatable bonds is 5. The molecule has 3 rings (SSSR count). The number of hydrogen-bond donors (Lipinski definition) is 0. The predicted molar refractivity (Wildman–Crippen MR) is 105 cm³/mol. The maximum atomic E-state index is 12.7. The van der Waals surface area contributed by atoms with Gasteiger partial charge in [0, 0.05) is 37.2 Å². The Balaban J connectivity index is 1.56. The Hall–Kier alpha value is -2.04. The van der Waals surface area contributed by atoms with Crippen LogP contribution in [0.5, 0.6) is 5.75 Å². The first-order chi connectivity index (χ1) is 12.5. The zero-order valence-corrected chi connectivity index (χ0v) is 16.1. The Morgan fingerprint density at radius 3 is 2.65 bits per heavy atom. The summed E-state index contributed by atoms with van der Waals surface area (Å²) < 4.78 is 5.30. The van der Waals surface area contributed by atoms with Crippen LogP contribution in [0.25, 0.3) is 0 Å². The number of halogens is 1.